The van der Waals surface area contributed by atoms with E-state index in [2.05, 4.69) is 0 Å². The van der Waals surface area contributed by atoms with E-state index in [0.717, 1.165) is 22.0 Å². The third kappa shape index (κ3) is 3.75. The summed E-state index contributed by atoms with van der Waals surface area (Å²) in [7, 11) is 1.75. The monoisotopic (exact) mass is 447 g/mol. The second-order valence-corrected chi connectivity index (χ2v) is 8.62. The molecule has 1 amide bonds. The molecule has 0 saturated carbocycles. The van der Waals surface area contributed by atoms with Crippen LogP contribution in [0.25, 0.3) is 27.4 Å². The zero-order chi connectivity index (χ0) is 23.8. The molecule has 0 N–H and O–H groups in total. The molecule has 0 saturated heterocycles. The minimum Gasteiger partial charge on any atom is -0.332 e. The first-order valence-electron chi connectivity index (χ1n) is 11.3. The molecule has 4 aromatic carbocycles. The fraction of sp³-hybridized carbons (Fsp3) is 0.138. The SMILES string of the molecule is Cc1cccc(-n2c(C(C)N(C)C(=O)c3ccc4ccccc4c3)nc3ccccc3c2=O)c1. The number of aromatic nitrogens is 2. The predicted molar refractivity (Wildman–Crippen MR) is 137 cm³/mol. The largest absolute Gasteiger partial charge is 0.332 e. The van der Waals surface area contributed by atoms with Crippen molar-refractivity contribution in [2.45, 2.75) is 19.9 Å². The average molecular weight is 448 g/mol. The van der Waals surface area contributed by atoms with Crippen LogP contribution in [0.5, 0.6) is 0 Å². The first kappa shape index (κ1) is 21.6. The quantitative estimate of drug-likeness (QED) is 0.356. The van der Waals surface area contributed by atoms with Crippen LogP contribution in [-0.2, 0) is 0 Å². The fourth-order valence-corrected chi connectivity index (χ4v) is 4.32. The molecule has 5 nitrogen and oxygen atoms in total. The van der Waals surface area contributed by atoms with E-state index in [0.29, 0.717) is 22.3 Å². The molecule has 5 rings (SSSR count). The Morgan fingerprint density at radius 3 is 2.41 bits per heavy atom. The van der Waals surface area contributed by atoms with Gasteiger partial charge in [-0.1, -0.05) is 54.6 Å². The summed E-state index contributed by atoms with van der Waals surface area (Å²) in [6.07, 6.45) is 0. The third-order valence-electron chi connectivity index (χ3n) is 6.33. The van der Waals surface area contributed by atoms with Crippen LogP contribution in [0, 0.1) is 6.92 Å². The van der Waals surface area contributed by atoms with Crippen LogP contribution < -0.4 is 5.56 Å². The van der Waals surface area contributed by atoms with E-state index in [1.807, 2.05) is 98.8 Å². The minimum absolute atomic E-state index is 0.128. The first-order valence-corrected chi connectivity index (χ1v) is 11.3. The van der Waals surface area contributed by atoms with E-state index in [9.17, 15) is 9.59 Å². The highest BCUT2D eigenvalue weighted by Crippen LogP contribution is 2.25. The minimum atomic E-state index is -0.447. The number of amides is 1. The van der Waals surface area contributed by atoms with Crippen LogP contribution in [0.4, 0.5) is 0 Å². The summed E-state index contributed by atoms with van der Waals surface area (Å²) in [6.45, 7) is 3.89. The van der Waals surface area contributed by atoms with E-state index in [1.54, 1.807) is 22.6 Å². The van der Waals surface area contributed by atoms with Gasteiger partial charge in [-0.05, 0) is 66.6 Å². The van der Waals surface area contributed by atoms with Crippen LogP contribution in [-0.4, -0.2) is 27.4 Å². The summed E-state index contributed by atoms with van der Waals surface area (Å²) in [5.41, 5.74) is 2.83. The Kier molecular flexibility index (Phi) is 5.46. The highest BCUT2D eigenvalue weighted by Gasteiger charge is 2.25. The number of fused-ring (bicyclic) bond motifs is 2. The van der Waals surface area contributed by atoms with Crippen LogP contribution in [0.3, 0.4) is 0 Å². The Hall–Kier alpha value is -4.25. The summed E-state index contributed by atoms with van der Waals surface area (Å²) in [5, 5.41) is 2.64. The van der Waals surface area contributed by atoms with Crippen molar-refractivity contribution in [1.29, 1.82) is 0 Å². The van der Waals surface area contributed by atoms with Gasteiger partial charge in [0.05, 0.1) is 22.6 Å². The smallest absolute Gasteiger partial charge is 0.266 e. The molecular weight excluding hydrogens is 422 g/mol. The molecule has 1 heterocycles. The van der Waals surface area contributed by atoms with Crippen LogP contribution in [0.2, 0.25) is 0 Å². The molecule has 0 fully saturated rings. The zero-order valence-electron chi connectivity index (χ0n) is 19.4. The Labute approximate surface area is 197 Å². The Morgan fingerprint density at radius 2 is 1.62 bits per heavy atom. The maximum absolute atomic E-state index is 13.6. The Morgan fingerprint density at radius 1 is 0.882 bits per heavy atom. The number of nitrogens with zero attached hydrogens (tertiary/aromatic N) is 3. The van der Waals surface area contributed by atoms with Gasteiger partial charge in [-0.15, -0.1) is 0 Å². The van der Waals surface area contributed by atoms with Gasteiger partial charge in [-0.3, -0.25) is 14.2 Å². The van der Waals surface area contributed by atoms with Crippen molar-refractivity contribution in [1.82, 2.24) is 14.5 Å². The number of rotatable bonds is 4. The normalized spacial score (nSPS) is 12.1. The highest BCUT2D eigenvalue weighted by atomic mass is 16.2. The molecule has 0 bridgehead atoms. The number of benzene rings is 4. The predicted octanol–water partition coefficient (Wildman–Crippen LogP) is 5.68. The van der Waals surface area contributed by atoms with Gasteiger partial charge in [0.15, 0.2) is 0 Å². The van der Waals surface area contributed by atoms with Crippen molar-refractivity contribution < 1.29 is 4.79 Å². The van der Waals surface area contributed by atoms with Gasteiger partial charge in [0, 0.05) is 12.6 Å². The van der Waals surface area contributed by atoms with Crippen molar-refractivity contribution in [2.75, 3.05) is 7.05 Å². The summed E-state index contributed by atoms with van der Waals surface area (Å²) in [4.78, 5) is 33.6. The summed E-state index contributed by atoms with van der Waals surface area (Å²) < 4.78 is 1.63. The topological polar surface area (TPSA) is 55.2 Å². The van der Waals surface area contributed by atoms with Crippen molar-refractivity contribution >= 4 is 27.6 Å². The number of hydrogen-bond donors (Lipinski definition) is 0. The van der Waals surface area contributed by atoms with Crippen LogP contribution in [0.15, 0.2) is 95.8 Å². The maximum Gasteiger partial charge on any atom is 0.266 e. The molecule has 0 radical (unpaired) electrons. The first-order chi connectivity index (χ1) is 16.4. The highest BCUT2D eigenvalue weighted by molar-refractivity contribution is 5.98. The van der Waals surface area contributed by atoms with Crippen LogP contribution in [0.1, 0.15) is 34.7 Å². The molecule has 0 aliphatic rings. The standard InChI is InChI=1S/C29H25N3O2/c1-19-9-8-12-24(17-19)32-27(30-26-14-7-6-13-25(26)29(32)34)20(2)31(3)28(33)23-16-15-21-10-4-5-11-22(21)18-23/h4-18,20H,1-3H3. The number of carbonyl (C=O) groups is 1. The summed E-state index contributed by atoms with van der Waals surface area (Å²) in [6, 6.07) is 28.3. The lowest BCUT2D eigenvalue weighted by Crippen LogP contribution is -2.34. The number of aryl methyl sites for hydroxylation is 1. The van der Waals surface area contributed by atoms with Crippen LogP contribution >= 0.6 is 0 Å². The summed E-state index contributed by atoms with van der Waals surface area (Å²) >= 11 is 0. The molecule has 34 heavy (non-hydrogen) atoms. The molecule has 1 unspecified atom stereocenters. The van der Waals surface area contributed by atoms with Crippen molar-refractivity contribution in [3.63, 3.8) is 0 Å². The molecule has 5 heteroatoms. The van der Waals surface area contributed by atoms with Gasteiger partial charge < -0.3 is 4.90 Å². The van der Waals surface area contributed by atoms with Crippen molar-refractivity contribution in [2.24, 2.45) is 0 Å². The van der Waals surface area contributed by atoms with E-state index in [1.165, 1.54) is 0 Å². The van der Waals surface area contributed by atoms with E-state index >= 15 is 0 Å². The lowest BCUT2D eigenvalue weighted by molar-refractivity contribution is 0.0735. The number of para-hydroxylation sites is 1. The zero-order valence-corrected chi connectivity index (χ0v) is 19.4. The van der Waals surface area contributed by atoms with E-state index < -0.39 is 6.04 Å². The molecule has 168 valence electrons. The number of hydrogen-bond acceptors (Lipinski definition) is 3. The maximum atomic E-state index is 13.6. The molecule has 1 aromatic heterocycles. The van der Waals surface area contributed by atoms with Gasteiger partial charge in [0.1, 0.15) is 5.82 Å². The van der Waals surface area contributed by atoms with Gasteiger partial charge in [0.25, 0.3) is 11.5 Å². The van der Waals surface area contributed by atoms with Gasteiger partial charge in [0.2, 0.25) is 0 Å². The second-order valence-electron chi connectivity index (χ2n) is 8.62. The summed E-state index contributed by atoms with van der Waals surface area (Å²) in [5.74, 6) is 0.391. The van der Waals surface area contributed by atoms with E-state index in [-0.39, 0.29) is 11.5 Å². The number of carbonyl (C=O) groups excluding carboxylic acids is 1. The Bertz CT molecular complexity index is 1600. The van der Waals surface area contributed by atoms with E-state index in [4.69, 9.17) is 4.98 Å². The fourth-order valence-electron chi connectivity index (χ4n) is 4.32. The third-order valence-corrected chi connectivity index (χ3v) is 6.33. The molecule has 1 atom stereocenters. The van der Waals surface area contributed by atoms with Gasteiger partial charge in [-0.25, -0.2) is 4.98 Å². The van der Waals surface area contributed by atoms with Gasteiger partial charge >= 0.3 is 0 Å². The van der Waals surface area contributed by atoms with Crippen molar-refractivity contribution in [3.05, 3.63) is 118 Å². The van der Waals surface area contributed by atoms with Gasteiger partial charge in [-0.2, -0.15) is 0 Å². The molecule has 0 aliphatic heterocycles. The molecule has 0 spiro atoms. The average Bonchev–Trinajstić information content (AvgIpc) is 2.87. The lowest BCUT2D eigenvalue weighted by atomic mass is 10.1. The Balaban J connectivity index is 1.63. The molecular formula is C29H25N3O2. The molecule has 5 aromatic rings. The van der Waals surface area contributed by atoms with Crippen molar-refractivity contribution in [3.8, 4) is 5.69 Å². The lowest BCUT2D eigenvalue weighted by Gasteiger charge is -2.27. The second kappa shape index (κ2) is 8.60. The molecule has 0 aliphatic carbocycles.